The molecule has 1 aromatic rings. The van der Waals surface area contributed by atoms with Crippen molar-refractivity contribution < 1.29 is 9.84 Å². The molecule has 0 saturated heterocycles. The van der Waals surface area contributed by atoms with Crippen LogP contribution in [0.15, 0.2) is 18.7 Å². The van der Waals surface area contributed by atoms with Gasteiger partial charge in [-0.25, -0.2) is 0 Å². The topological polar surface area (TPSA) is 29.5 Å². The smallest absolute Gasteiger partial charge is 0.127 e. The summed E-state index contributed by atoms with van der Waals surface area (Å²) >= 11 is 0. The highest BCUT2D eigenvalue weighted by atomic mass is 16.5. The van der Waals surface area contributed by atoms with Gasteiger partial charge in [0, 0.05) is 23.1 Å². The van der Waals surface area contributed by atoms with Crippen LogP contribution in [0.3, 0.4) is 0 Å². The van der Waals surface area contributed by atoms with E-state index in [4.69, 9.17) is 4.74 Å². The molecule has 1 aliphatic heterocycles. The fourth-order valence-corrected chi connectivity index (χ4v) is 2.80. The first kappa shape index (κ1) is 13.0. The fourth-order valence-electron chi connectivity index (χ4n) is 2.80. The standard InChI is InChI=1S/C16H22O2/c1-6-7-12-14(10(2)3)13(17)8-11-9-16(4,5)18-15(11)12/h6,8,10,17H,1,7,9H2,2-5H3. The number of hydrogen-bond donors (Lipinski definition) is 1. The summed E-state index contributed by atoms with van der Waals surface area (Å²) in [5.74, 6) is 1.63. The van der Waals surface area contributed by atoms with Gasteiger partial charge in [0.1, 0.15) is 17.1 Å². The molecule has 0 unspecified atom stereocenters. The van der Waals surface area contributed by atoms with Crippen molar-refractivity contribution >= 4 is 0 Å². The van der Waals surface area contributed by atoms with Crippen molar-refractivity contribution in [1.82, 2.24) is 0 Å². The molecule has 1 aliphatic rings. The number of aromatic hydroxyl groups is 1. The first-order valence-corrected chi connectivity index (χ1v) is 6.53. The molecule has 2 heteroatoms. The zero-order valence-electron chi connectivity index (χ0n) is 11.7. The molecular weight excluding hydrogens is 224 g/mol. The predicted octanol–water partition coefficient (Wildman–Crippen LogP) is 3.96. The van der Waals surface area contributed by atoms with Gasteiger partial charge in [-0.05, 0) is 32.3 Å². The van der Waals surface area contributed by atoms with Crippen molar-refractivity contribution in [3.8, 4) is 11.5 Å². The van der Waals surface area contributed by atoms with E-state index in [0.29, 0.717) is 5.75 Å². The van der Waals surface area contributed by atoms with Crippen molar-refractivity contribution in [1.29, 1.82) is 0 Å². The SMILES string of the molecule is C=CCc1c2c(cc(O)c1C(C)C)CC(C)(C)O2. The molecule has 1 heterocycles. The number of hydrogen-bond acceptors (Lipinski definition) is 2. The number of allylic oxidation sites excluding steroid dienone is 1. The molecule has 0 atom stereocenters. The lowest BCUT2D eigenvalue weighted by molar-refractivity contribution is 0.137. The Kier molecular flexibility index (Phi) is 3.14. The fraction of sp³-hybridized carbons (Fsp3) is 0.500. The second-order valence-corrected chi connectivity index (χ2v) is 5.96. The van der Waals surface area contributed by atoms with Gasteiger partial charge >= 0.3 is 0 Å². The van der Waals surface area contributed by atoms with Gasteiger partial charge in [0.15, 0.2) is 0 Å². The Hall–Kier alpha value is -1.44. The largest absolute Gasteiger partial charge is 0.508 e. The Morgan fingerprint density at radius 3 is 2.72 bits per heavy atom. The Morgan fingerprint density at radius 1 is 1.50 bits per heavy atom. The molecule has 1 aromatic carbocycles. The minimum atomic E-state index is -0.180. The molecular formula is C16H22O2. The quantitative estimate of drug-likeness (QED) is 0.818. The summed E-state index contributed by atoms with van der Waals surface area (Å²) in [5, 5.41) is 10.2. The maximum Gasteiger partial charge on any atom is 0.127 e. The van der Waals surface area contributed by atoms with Crippen molar-refractivity contribution in [2.24, 2.45) is 0 Å². The number of fused-ring (bicyclic) bond motifs is 1. The molecule has 0 aliphatic carbocycles. The van der Waals surface area contributed by atoms with E-state index in [9.17, 15) is 5.11 Å². The van der Waals surface area contributed by atoms with Gasteiger partial charge in [0.2, 0.25) is 0 Å². The van der Waals surface area contributed by atoms with E-state index < -0.39 is 0 Å². The molecule has 2 nitrogen and oxygen atoms in total. The molecule has 0 bridgehead atoms. The molecule has 0 radical (unpaired) electrons. The van der Waals surface area contributed by atoms with Crippen LogP contribution >= 0.6 is 0 Å². The third-order valence-electron chi connectivity index (χ3n) is 3.40. The first-order valence-electron chi connectivity index (χ1n) is 6.53. The summed E-state index contributed by atoms with van der Waals surface area (Å²) in [4.78, 5) is 0. The average molecular weight is 246 g/mol. The Labute approximate surface area is 109 Å². The highest BCUT2D eigenvalue weighted by Crippen LogP contribution is 2.45. The number of rotatable bonds is 3. The highest BCUT2D eigenvalue weighted by Gasteiger charge is 2.34. The van der Waals surface area contributed by atoms with Crippen LogP contribution in [0, 0.1) is 0 Å². The lowest BCUT2D eigenvalue weighted by Crippen LogP contribution is -2.25. The molecule has 0 spiro atoms. The van der Waals surface area contributed by atoms with Gasteiger partial charge in [-0.15, -0.1) is 6.58 Å². The maximum atomic E-state index is 10.2. The van der Waals surface area contributed by atoms with E-state index in [1.54, 1.807) is 0 Å². The van der Waals surface area contributed by atoms with Gasteiger partial charge < -0.3 is 9.84 Å². The van der Waals surface area contributed by atoms with Crippen LogP contribution in [0.25, 0.3) is 0 Å². The summed E-state index contributed by atoms with van der Waals surface area (Å²) in [5.41, 5.74) is 3.02. The first-order chi connectivity index (χ1) is 8.35. The number of phenolic OH excluding ortho intramolecular Hbond substituents is 1. The Morgan fingerprint density at radius 2 is 2.17 bits per heavy atom. The highest BCUT2D eigenvalue weighted by molar-refractivity contribution is 5.57. The summed E-state index contributed by atoms with van der Waals surface area (Å²) in [7, 11) is 0. The van der Waals surface area contributed by atoms with Crippen LogP contribution < -0.4 is 4.74 Å². The molecule has 0 aromatic heterocycles. The molecule has 18 heavy (non-hydrogen) atoms. The van der Waals surface area contributed by atoms with E-state index in [-0.39, 0.29) is 11.5 Å². The van der Waals surface area contributed by atoms with Gasteiger partial charge in [0.25, 0.3) is 0 Å². The molecule has 98 valence electrons. The van der Waals surface area contributed by atoms with Crippen LogP contribution in [0.1, 0.15) is 50.3 Å². The summed E-state index contributed by atoms with van der Waals surface area (Å²) in [6.07, 6.45) is 3.45. The normalized spacial score (nSPS) is 16.5. The summed E-state index contributed by atoms with van der Waals surface area (Å²) in [6, 6.07) is 1.87. The van der Waals surface area contributed by atoms with E-state index in [1.807, 2.05) is 12.1 Å². The van der Waals surface area contributed by atoms with Gasteiger partial charge in [-0.3, -0.25) is 0 Å². The Bertz CT molecular complexity index is 484. The molecule has 0 saturated carbocycles. The molecule has 1 N–H and O–H groups in total. The minimum absolute atomic E-state index is 0.180. The third-order valence-corrected chi connectivity index (χ3v) is 3.40. The number of phenols is 1. The van der Waals surface area contributed by atoms with Crippen LogP contribution in [-0.4, -0.2) is 10.7 Å². The number of ether oxygens (including phenoxy) is 1. The monoisotopic (exact) mass is 246 g/mol. The van der Waals surface area contributed by atoms with Crippen molar-refractivity contribution in [3.05, 3.63) is 35.4 Å². The molecule has 0 amide bonds. The van der Waals surface area contributed by atoms with E-state index in [2.05, 4.69) is 34.3 Å². The van der Waals surface area contributed by atoms with Gasteiger partial charge in [-0.2, -0.15) is 0 Å². The Balaban J connectivity index is 2.63. The van der Waals surface area contributed by atoms with Crippen LogP contribution in [-0.2, 0) is 12.8 Å². The van der Waals surface area contributed by atoms with Crippen LogP contribution in [0.5, 0.6) is 11.5 Å². The number of benzene rings is 1. The van der Waals surface area contributed by atoms with Crippen LogP contribution in [0.4, 0.5) is 0 Å². The zero-order valence-corrected chi connectivity index (χ0v) is 11.7. The van der Waals surface area contributed by atoms with E-state index in [1.165, 1.54) is 0 Å². The van der Waals surface area contributed by atoms with Crippen molar-refractivity contribution in [3.63, 3.8) is 0 Å². The third kappa shape index (κ3) is 2.12. The minimum Gasteiger partial charge on any atom is -0.508 e. The lowest BCUT2D eigenvalue weighted by atomic mass is 9.90. The second kappa shape index (κ2) is 4.34. The summed E-state index contributed by atoms with van der Waals surface area (Å²) in [6.45, 7) is 12.2. The molecule has 0 fully saturated rings. The zero-order chi connectivity index (χ0) is 13.5. The van der Waals surface area contributed by atoms with Crippen molar-refractivity contribution in [2.45, 2.75) is 52.1 Å². The average Bonchev–Trinajstić information content (AvgIpc) is 2.52. The summed E-state index contributed by atoms with van der Waals surface area (Å²) < 4.78 is 6.06. The molecule has 2 rings (SSSR count). The second-order valence-electron chi connectivity index (χ2n) is 5.96. The van der Waals surface area contributed by atoms with Gasteiger partial charge in [0.05, 0.1) is 0 Å². The van der Waals surface area contributed by atoms with Crippen molar-refractivity contribution in [2.75, 3.05) is 0 Å². The van der Waals surface area contributed by atoms with Gasteiger partial charge in [-0.1, -0.05) is 19.9 Å². The lowest BCUT2D eigenvalue weighted by Gasteiger charge is -2.20. The van der Waals surface area contributed by atoms with E-state index in [0.717, 1.165) is 35.3 Å². The predicted molar refractivity (Wildman–Crippen MR) is 74.5 cm³/mol. The maximum absolute atomic E-state index is 10.2. The van der Waals surface area contributed by atoms with Crippen LogP contribution in [0.2, 0.25) is 0 Å². The van der Waals surface area contributed by atoms with E-state index >= 15 is 0 Å².